The van der Waals surface area contributed by atoms with Gasteiger partial charge in [-0.05, 0) is 124 Å². The van der Waals surface area contributed by atoms with Crippen molar-refractivity contribution in [2.75, 3.05) is 37.1 Å². The van der Waals surface area contributed by atoms with Gasteiger partial charge in [-0.1, -0.05) is 94.4 Å². The third-order valence-corrected chi connectivity index (χ3v) is 15.4. The van der Waals surface area contributed by atoms with Crippen LogP contribution in [0.2, 0.25) is 0 Å². The van der Waals surface area contributed by atoms with Crippen molar-refractivity contribution in [1.82, 2.24) is 0 Å². The molecular formula is C54H80O9S3. The zero-order chi connectivity index (χ0) is 49.9. The molecule has 2 aromatic carbocycles. The molecule has 0 saturated carbocycles. The van der Waals surface area contributed by atoms with Gasteiger partial charge in [0.1, 0.15) is 37.1 Å². The number of aliphatic hydroxyl groups is 1. The van der Waals surface area contributed by atoms with Gasteiger partial charge >= 0.3 is 17.9 Å². The highest BCUT2D eigenvalue weighted by atomic mass is 32.2. The fourth-order valence-corrected chi connectivity index (χ4v) is 11.0. The molecule has 12 heteroatoms. The van der Waals surface area contributed by atoms with Crippen LogP contribution < -0.4 is 0 Å². The van der Waals surface area contributed by atoms with Crippen molar-refractivity contribution in [3.8, 4) is 11.5 Å². The third-order valence-electron chi connectivity index (χ3n) is 12.6. The van der Waals surface area contributed by atoms with Crippen molar-refractivity contribution in [1.29, 1.82) is 0 Å². The lowest BCUT2D eigenvalue weighted by molar-refractivity contribution is -0.161. The molecule has 0 aromatic heterocycles. The van der Waals surface area contributed by atoms with E-state index in [1.54, 1.807) is 23.5 Å². The van der Waals surface area contributed by atoms with Gasteiger partial charge in [0.05, 0.1) is 24.7 Å². The quantitative estimate of drug-likeness (QED) is 0.0623. The normalized spacial score (nSPS) is 15.5. The van der Waals surface area contributed by atoms with Gasteiger partial charge in [-0.2, -0.15) is 23.5 Å². The highest BCUT2D eigenvalue weighted by Crippen LogP contribution is 2.42. The van der Waals surface area contributed by atoms with Gasteiger partial charge < -0.3 is 29.5 Å². The summed E-state index contributed by atoms with van der Waals surface area (Å²) in [5.41, 5.74) is 9.39. The van der Waals surface area contributed by atoms with Crippen LogP contribution in [0, 0.1) is 44.4 Å². The minimum absolute atomic E-state index is 0.0901. The van der Waals surface area contributed by atoms with Crippen molar-refractivity contribution < 1.29 is 43.9 Å². The first-order valence-corrected chi connectivity index (χ1v) is 26.6. The number of carbonyl (C=O) groups is 3. The molecule has 1 atom stereocenters. The number of esters is 3. The highest BCUT2D eigenvalue weighted by molar-refractivity contribution is 8.02. The van der Waals surface area contributed by atoms with Crippen LogP contribution in [0.15, 0.2) is 46.1 Å². The Hall–Kier alpha value is -3.48. The molecule has 9 nitrogen and oxygen atoms in total. The zero-order valence-corrected chi connectivity index (χ0v) is 45.3. The minimum Gasteiger partial charge on any atom is -0.511 e. The minimum atomic E-state index is -0.953. The zero-order valence-electron chi connectivity index (χ0n) is 42.9. The van der Waals surface area contributed by atoms with Crippen LogP contribution in [-0.4, -0.2) is 70.3 Å². The number of rotatable bonds is 21. The van der Waals surface area contributed by atoms with Crippen LogP contribution >= 0.6 is 35.3 Å². The van der Waals surface area contributed by atoms with Gasteiger partial charge in [-0.15, -0.1) is 11.8 Å². The van der Waals surface area contributed by atoms with Crippen LogP contribution in [0.3, 0.4) is 0 Å². The first-order chi connectivity index (χ1) is 30.5. The number of hydrogen-bond acceptors (Lipinski definition) is 12. The van der Waals surface area contributed by atoms with E-state index in [1.165, 1.54) is 11.8 Å². The lowest BCUT2D eigenvalue weighted by Crippen LogP contribution is -2.39. The number of aryl methyl sites for hydroxylation is 2. The Kier molecular flexibility index (Phi) is 20.8. The summed E-state index contributed by atoms with van der Waals surface area (Å²) >= 11 is 4.68. The van der Waals surface area contributed by atoms with Gasteiger partial charge in [-0.25, -0.2) is 0 Å². The maximum Gasteiger partial charge on any atom is 0.306 e. The molecule has 0 heterocycles. The number of aliphatic hydroxyl groups excluding tert-OH is 1. The van der Waals surface area contributed by atoms with Crippen molar-refractivity contribution in [3.63, 3.8) is 0 Å². The summed E-state index contributed by atoms with van der Waals surface area (Å²) in [4.78, 5) is 39.5. The number of benzene rings is 2. The summed E-state index contributed by atoms with van der Waals surface area (Å²) in [6.45, 7) is 32.4. The van der Waals surface area contributed by atoms with E-state index in [4.69, 9.17) is 14.2 Å². The average Bonchev–Trinajstić information content (AvgIpc) is 3.22. The van der Waals surface area contributed by atoms with Crippen LogP contribution in [0.4, 0.5) is 0 Å². The van der Waals surface area contributed by atoms with E-state index in [9.17, 15) is 29.7 Å². The van der Waals surface area contributed by atoms with Crippen molar-refractivity contribution in [3.05, 3.63) is 90.6 Å². The van der Waals surface area contributed by atoms with E-state index in [1.807, 2.05) is 46.1 Å². The van der Waals surface area contributed by atoms with Crippen molar-refractivity contribution in [2.24, 2.45) is 16.7 Å². The molecule has 1 unspecified atom stereocenters. The molecule has 0 bridgehead atoms. The lowest BCUT2D eigenvalue weighted by atomic mass is 9.76. The SMILES string of the molecule is CCC(COC(=O)CCS/C=C1/C(C)=CC(C(C)(C)C)=C(O)C1C)(COC(=O)CCSCc1c(C)cc(C(C)(C)C)c(O)c1C)COC(=O)CCSCc1c(C)cc(C(C)(C)C)c(O)c1C. The molecule has 368 valence electrons. The Labute approximate surface area is 409 Å². The molecule has 0 amide bonds. The maximum absolute atomic E-state index is 13.2. The van der Waals surface area contributed by atoms with E-state index in [-0.39, 0.29) is 61.2 Å². The number of aromatic hydroxyl groups is 2. The molecule has 3 rings (SSSR count). The Bertz CT molecular complexity index is 2040. The van der Waals surface area contributed by atoms with Crippen LogP contribution in [0.1, 0.15) is 153 Å². The molecule has 1 aliphatic rings. The number of phenolic OH excluding ortho intramolecular Hbond substituents is 2. The summed E-state index contributed by atoms with van der Waals surface area (Å²) in [6.07, 6.45) is 2.92. The second kappa shape index (κ2) is 24.2. The first kappa shape index (κ1) is 56.8. The molecule has 0 aliphatic heterocycles. The Balaban J connectivity index is 1.63. The van der Waals surface area contributed by atoms with Gasteiger partial charge in [0.25, 0.3) is 0 Å². The van der Waals surface area contributed by atoms with Crippen LogP contribution in [0.5, 0.6) is 11.5 Å². The van der Waals surface area contributed by atoms with Gasteiger partial charge in [0.2, 0.25) is 0 Å². The van der Waals surface area contributed by atoms with E-state index in [0.29, 0.717) is 52.4 Å². The van der Waals surface area contributed by atoms with E-state index in [0.717, 1.165) is 61.2 Å². The maximum atomic E-state index is 13.2. The second-order valence-electron chi connectivity index (χ2n) is 21.1. The molecule has 3 N–H and O–H groups in total. The number of hydrogen-bond donors (Lipinski definition) is 3. The van der Waals surface area contributed by atoms with Crippen molar-refractivity contribution >= 4 is 53.2 Å². The summed E-state index contributed by atoms with van der Waals surface area (Å²) in [5.74, 6) is 2.40. The molecule has 1 aliphatic carbocycles. The summed E-state index contributed by atoms with van der Waals surface area (Å²) in [6, 6.07) is 4.10. The summed E-state index contributed by atoms with van der Waals surface area (Å²) in [5, 5.41) is 34.9. The predicted molar refractivity (Wildman–Crippen MR) is 277 cm³/mol. The average molecular weight is 969 g/mol. The molecule has 66 heavy (non-hydrogen) atoms. The Morgan fingerprint density at radius 3 is 1.39 bits per heavy atom. The predicted octanol–water partition coefficient (Wildman–Crippen LogP) is 13.4. The number of thioether (sulfide) groups is 3. The third kappa shape index (κ3) is 15.8. The Morgan fingerprint density at radius 2 is 1.03 bits per heavy atom. The van der Waals surface area contributed by atoms with Crippen LogP contribution in [-0.2, 0) is 50.9 Å². The molecule has 0 saturated heterocycles. The van der Waals surface area contributed by atoms with Gasteiger partial charge in [-0.3, -0.25) is 14.4 Å². The fraction of sp³-hybridized carbons (Fsp3) is 0.611. The van der Waals surface area contributed by atoms with Gasteiger partial charge in [0.15, 0.2) is 0 Å². The van der Waals surface area contributed by atoms with Gasteiger partial charge in [0, 0.05) is 34.7 Å². The molecular weight excluding hydrogens is 889 g/mol. The number of carbonyl (C=O) groups excluding carboxylic acids is 3. The standard InChI is InChI=1S/C54H80O9S3/c1-17-54(30-61-45(55)18-21-64-27-39-33(2)24-42(51(8,9)10)48(58)36(39)5,31-62-46(56)19-22-65-28-40-34(3)25-43(52(11,12)13)49(59)37(40)6)32-63-47(57)20-23-66-29-41-35(4)26-44(53(14,15)16)50(60)38(41)7/h24-27,36,58-60H,17-23,28-32H2,1-16H3/b39-27-. The van der Waals surface area contributed by atoms with E-state index >= 15 is 0 Å². The molecule has 0 fully saturated rings. The molecule has 2 aromatic rings. The number of ether oxygens (including phenoxy) is 3. The van der Waals surface area contributed by atoms with E-state index < -0.39 is 23.3 Å². The summed E-state index contributed by atoms with van der Waals surface area (Å²) < 4.78 is 17.5. The molecule has 0 spiro atoms. The molecule has 0 radical (unpaired) electrons. The fourth-order valence-electron chi connectivity index (χ4n) is 7.80. The topological polar surface area (TPSA) is 140 Å². The monoisotopic (exact) mass is 968 g/mol. The van der Waals surface area contributed by atoms with Crippen LogP contribution in [0.25, 0.3) is 0 Å². The Morgan fingerprint density at radius 1 is 0.636 bits per heavy atom. The summed E-state index contributed by atoms with van der Waals surface area (Å²) in [7, 11) is 0. The first-order valence-electron chi connectivity index (χ1n) is 23.3. The smallest absolute Gasteiger partial charge is 0.306 e. The van der Waals surface area contributed by atoms with E-state index in [2.05, 4.69) is 88.3 Å². The number of allylic oxidation sites excluding steroid dienone is 4. The number of phenols is 2. The largest absolute Gasteiger partial charge is 0.511 e. The van der Waals surface area contributed by atoms with Crippen molar-refractivity contribution in [2.45, 2.75) is 159 Å². The lowest BCUT2D eigenvalue weighted by Gasteiger charge is -2.31. The highest BCUT2D eigenvalue weighted by Gasteiger charge is 2.35. The second-order valence-corrected chi connectivity index (χ2v) is 24.3.